The van der Waals surface area contributed by atoms with Gasteiger partial charge in [0.1, 0.15) is 17.5 Å². The lowest BCUT2D eigenvalue weighted by molar-refractivity contribution is -0.119. The zero-order valence-corrected chi connectivity index (χ0v) is 19.6. The highest BCUT2D eigenvalue weighted by Crippen LogP contribution is 2.36. The molecular formula is C25H27FN6O2. The van der Waals surface area contributed by atoms with Crippen LogP contribution in [-0.2, 0) is 11.3 Å². The van der Waals surface area contributed by atoms with E-state index < -0.39 is 0 Å². The first kappa shape index (κ1) is 23.2. The molecular weight excluding hydrogens is 435 g/mol. The molecule has 8 nitrogen and oxygen atoms in total. The predicted octanol–water partition coefficient (Wildman–Crippen LogP) is 3.98. The Labute approximate surface area is 197 Å². The predicted molar refractivity (Wildman–Crippen MR) is 131 cm³/mol. The molecule has 0 saturated carbocycles. The smallest absolute Gasteiger partial charge is 0.255 e. The average Bonchev–Trinajstić information content (AvgIpc) is 2.83. The van der Waals surface area contributed by atoms with Crippen LogP contribution in [0, 0.1) is 12.7 Å². The summed E-state index contributed by atoms with van der Waals surface area (Å²) in [7, 11) is 1.86. The first-order chi connectivity index (χ1) is 16.3. The highest BCUT2D eigenvalue weighted by atomic mass is 19.1. The molecule has 4 rings (SSSR count). The molecule has 176 valence electrons. The van der Waals surface area contributed by atoms with E-state index in [0.717, 1.165) is 22.8 Å². The largest absolute Gasteiger partial charge is 0.350 e. The number of benzene rings is 2. The van der Waals surface area contributed by atoms with Gasteiger partial charge in [0.05, 0.1) is 5.69 Å². The molecule has 2 amide bonds. The highest BCUT2D eigenvalue weighted by molar-refractivity contribution is 6.05. The molecule has 1 aliphatic heterocycles. The number of nitrogens with one attached hydrogen (secondary N) is 2. The highest BCUT2D eigenvalue weighted by Gasteiger charge is 2.35. The maximum Gasteiger partial charge on any atom is 0.255 e. The molecule has 3 aromatic rings. The van der Waals surface area contributed by atoms with Crippen molar-refractivity contribution in [1.82, 2.24) is 9.97 Å². The Kier molecular flexibility index (Phi) is 6.45. The van der Waals surface area contributed by atoms with E-state index in [4.69, 9.17) is 0 Å². The number of aryl methyl sites for hydroxylation is 1. The van der Waals surface area contributed by atoms with Crippen LogP contribution in [0.25, 0.3) is 0 Å². The molecule has 34 heavy (non-hydrogen) atoms. The van der Waals surface area contributed by atoms with E-state index in [2.05, 4.69) is 20.6 Å². The fourth-order valence-corrected chi connectivity index (χ4v) is 3.88. The monoisotopic (exact) mass is 462 g/mol. The van der Waals surface area contributed by atoms with E-state index in [9.17, 15) is 14.0 Å². The molecule has 0 fully saturated rings. The number of anilines is 4. The molecule has 0 radical (unpaired) electrons. The van der Waals surface area contributed by atoms with Gasteiger partial charge in [-0.05, 0) is 62.7 Å². The Morgan fingerprint density at radius 3 is 2.41 bits per heavy atom. The first-order valence-corrected chi connectivity index (χ1v) is 11.1. The number of halogens is 1. The molecule has 9 heteroatoms. The summed E-state index contributed by atoms with van der Waals surface area (Å²) in [4.78, 5) is 37.8. The molecule has 1 unspecified atom stereocenters. The lowest BCUT2D eigenvalue weighted by Crippen LogP contribution is -2.51. The number of amides is 2. The molecule has 0 bridgehead atoms. The normalized spacial score (nSPS) is 15.2. The summed E-state index contributed by atoms with van der Waals surface area (Å²) in [5.41, 5.74) is 3.49. The average molecular weight is 463 g/mol. The third kappa shape index (κ3) is 4.54. The summed E-state index contributed by atoms with van der Waals surface area (Å²) in [6, 6.07) is 12.5. The van der Waals surface area contributed by atoms with Crippen molar-refractivity contribution in [3.63, 3.8) is 0 Å². The molecule has 1 aliphatic rings. The molecule has 0 spiro atoms. The van der Waals surface area contributed by atoms with Gasteiger partial charge in [0.25, 0.3) is 5.91 Å². The first-order valence-electron chi connectivity index (χ1n) is 11.1. The van der Waals surface area contributed by atoms with Crippen molar-refractivity contribution in [2.75, 3.05) is 34.0 Å². The van der Waals surface area contributed by atoms with Crippen LogP contribution in [-0.4, -0.2) is 41.4 Å². The maximum atomic E-state index is 13.0. The number of hydrogen-bond acceptors (Lipinski definition) is 6. The molecule has 1 aromatic heterocycles. The summed E-state index contributed by atoms with van der Waals surface area (Å²) in [5.74, 6) is 0.555. The van der Waals surface area contributed by atoms with Gasteiger partial charge >= 0.3 is 0 Å². The molecule has 0 aliphatic carbocycles. The summed E-state index contributed by atoms with van der Waals surface area (Å²) in [6.45, 7) is 6.74. The Bertz CT molecular complexity index is 1210. The van der Waals surface area contributed by atoms with Crippen LogP contribution >= 0.6 is 0 Å². The van der Waals surface area contributed by atoms with Gasteiger partial charge in [0.15, 0.2) is 5.82 Å². The van der Waals surface area contributed by atoms with E-state index in [1.54, 1.807) is 17.0 Å². The van der Waals surface area contributed by atoms with Crippen molar-refractivity contribution in [3.05, 3.63) is 71.2 Å². The van der Waals surface area contributed by atoms with Crippen LogP contribution in [0.1, 0.15) is 35.5 Å². The number of hydrogen-bond donors (Lipinski definition) is 2. The second-order valence-corrected chi connectivity index (χ2v) is 8.19. The number of likely N-dealkylation sites (N-methyl/N-ethyl adjacent to an activating group) is 2. The number of fused-ring (bicyclic) bond motifs is 1. The zero-order valence-electron chi connectivity index (χ0n) is 19.6. The van der Waals surface area contributed by atoms with Crippen LogP contribution < -0.4 is 20.4 Å². The van der Waals surface area contributed by atoms with Gasteiger partial charge in [-0.25, -0.2) is 9.37 Å². The van der Waals surface area contributed by atoms with Crippen LogP contribution in [0.3, 0.4) is 0 Å². The van der Waals surface area contributed by atoms with Crippen LogP contribution in [0.2, 0.25) is 0 Å². The van der Waals surface area contributed by atoms with Gasteiger partial charge in [-0.15, -0.1) is 0 Å². The number of carbonyl (C=O) groups is 2. The SMILES string of the molecule is CCN1C(=O)C(C)N(C)c2nc(NCc3ccc(NC(=O)c4ccc(F)cc4)cc3)nc(C)c21. The van der Waals surface area contributed by atoms with Gasteiger partial charge in [0.2, 0.25) is 11.9 Å². The third-order valence-electron chi connectivity index (χ3n) is 5.93. The van der Waals surface area contributed by atoms with Gasteiger partial charge in [-0.3, -0.25) is 9.59 Å². The van der Waals surface area contributed by atoms with Gasteiger partial charge in [0, 0.05) is 31.4 Å². The summed E-state index contributed by atoms with van der Waals surface area (Å²) in [6.07, 6.45) is 0. The fraction of sp³-hybridized carbons (Fsp3) is 0.280. The van der Waals surface area contributed by atoms with E-state index in [1.807, 2.05) is 44.9 Å². The van der Waals surface area contributed by atoms with Gasteiger partial charge < -0.3 is 20.4 Å². The number of rotatable bonds is 6. The number of carbonyl (C=O) groups excluding carboxylic acids is 2. The Morgan fingerprint density at radius 2 is 1.76 bits per heavy atom. The van der Waals surface area contributed by atoms with E-state index >= 15 is 0 Å². The van der Waals surface area contributed by atoms with Crippen LogP contribution in [0.4, 0.5) is 27.5 Å². The third-order valence-corrected chi connectivity index (χ3v) is 5.93. The standard InChI is InChI=1S/C25H27FN6O2/c1-5-32-21-15(2)28-25(30-22(21)31(4)16(3)24(32)34)27-14-17-6-12-20(13-7-17)29-23(33)18-8-10-19(26)11-9-18/h6-13,16H,5,14H2,1-4H3,(H,29,33)(H,27,28,30). The quantitative estimate of drug-likeness (QED) is 0.576. The van der Waals surface area contributed by atoms with Crippen molar-refractivity contribution >= 4 is 35.0 Å². The Morgan fingerprint density at radius 1 is 1.09 bits per heavy atom. The molecule has 2 N–H and O–H groups in total. The topological polar surface area (TPSA) is 90.5 Å². The maximum absolute atomic E-state index is 13.0. The van der Waals surface area contributed by atoms with Crippen LogP contribution in [0.15, 0.2) is 48.5 Å². The minimum Gasteiger partial charge on any atom is -0.350 e. The number of nitrogens with zero attached hydrogens (tertiary/aromatic N) is 4. The summed E-state index contributed by atoms with van der Waals surface area (Å²) in [5, 5.41) is 6.05. The Hall–Kier alpha value is -4.01. The van der Waals surface area contributed by atoms with E-state index in [-0.39, 0.29) is 23.7 Å². The lowest BCUT2D eigenvalue weighted by Gasteiger charge is -2.38. The van der Waals surface area contributed by atoms with E-state index in [1.165, 1.54) is 24.3 Å². The minimum absolute atomic E-state index is 0.0384. The van der Waals surface area contributed by atoms with Crippen LogP contribution in [0.5, 0.6) is 0 Å². The van der Waals surface area contributed by atoms with Crippen molar-refractivity contribution in [2.45, 2.75) is 33.4 Å². The van der Waals surface area contributed by atoms with Crippen molar-refractivity contribution in [1.29, 1.82) is 0 Å². The lowest BCUT2D eigenvalue weighted by atomic mass is 10.1. The molecule has 1 atom stereocenters. The van der Waals surface area contributed by atoms with Crippen molar-refractivity contribution < 1.29 is 14.0 Å². The van der Waals surface area contributed by atoms with E-state index in [0.29, 0.717) is 30.3 Å². The molecule has 0 saturated heterocycles. The van der Waals surface area contributed by atoms with Gasteiger partial charge in [-0.2, -0.15) is 4.98 Å². The fourth-order valence-electron chi connectivity index (χ4n) is 3.88. The molecule has 2 aromatic carbocycles. The molecule has 2 heterocycles. The second-order valence-electron chi connectivity index (χ2n) is 8.19. The number of aromatic nitrogens is 2. The zero-order chi connectivity index (χ0) is 24.4. The Balaban J connectivity index is 1.44. The minimum atomic E-state index is -0.385. The van der Waals surface area contributed by atoms with Crippen molar-refractivity contribution in [3.8, 4) is 0 Å². The summed E-state index contributed by atoms with van der Waals surface area (Å²) >= 11 is 0. The summed E-state index contributed by atoms with van der Waals surface area (Å²) < 4.78 is 13.0. The van der Waals surface area contributed by atoms with Crippen molar-refractivity contribution in [2.24, 2.45) is 0 Å². The van der Waals surface area contributed by atoms with Gasteiger partial charge in [-0.1, -0.05) is 12.1 Å². The second kappa shape index (κ2) is 9.46.